The van der Waals surface area contributed by atoms with E-state index in [0.717, 1.165) is 25.2 Å². The van der Waals surface area contributed by atoms with Crippen molar-refractivity contribution in [2.75, 3.05) is 23.3 Å². The zero-order chi connectivity index (χ0) is 18.6. The first kappa shape index (κ1) is 19.0. The molecule has 2 rings (SSSR count). The van der Waals surface area contributed by atoms with Crippen LogP contribution in [0.4, 0.5) is 24.7 Å². The van der Waals surface area contributed by atoms with Gasteiger partial charge in [-0.15, -0.1) is 10.2 Å². The van der Waals surface area contributed by atoms with Gasteiger partial charge in [0.05, 0.1) is 11.3 Å². The molecular formula is C16H16ClF3N4O. The van der Waals surface area contributed by atoms with Crippen LogP contribution in [0.3, 0.4) is 0 Å². The van der Waals surface area contributed by atoms with Gasteiger partial charge in [0, 0.05) is 18.1 Å². The average molecular weight is 373 g/mol. The van der Waals surface area contributed by atoms with E-state index in [1.54, 1.807) is 6.07 Å². The molecule has 0 aliphatic heterocycles. The molecule has 0 unspecified atom stereocenters. The van der Waals surface area contributed by atoms with Gasteiger partial charge in [0.15, 0.2) is 11.5 Å². The molecule has 1 amide bonds. The summed E-state index contributed by atoms with van der Waals surface area (Å²) >= 11 is 5.61. The maximum Gasteiger partial charge on any atom is 0.418 e. The van der Waals surface area contributed by atoms with Crippen molar-refractivity contribution in [1.82, 2.24) is 10.2 Å². The predicted molar refractivity (Wildman–Crippen MR) is 90.0 cm³/mol. The Kier molecular flexibility index (Phi) is 5.84. The maximum atomic E-state index is 13.1. The number of halogens is 4. The number of hydrogen-bond acceptors (Lipinski definition) is 4. The monoisotopic (exact) mass is 372 g/mol. The van der Waals surface area contributed by atoms with Gasteiger partial charge in [-0.05, 0) is 44.2 Å². The lowest BCUT2D eigenvalue weighted by Gasteiger charge is -2.18. The summed E-state index contributed by atoms with van der Waals surface area (Å²) in [5.74, 6) is -0.199. The topological polar surface area (TPSA) is 58.1 Å². The normalized spacial score (nSPS) is 11.3. The second-order valence-electron chi connectivity index (χ2n) is 5.09. The molecule has 0 aliphatic rings. The van der Waals surface area contributed by atoms with E-state index in [-0.39, 0.29) is 10.7 Å². The van der Waals surface area contributed by atoms with E-state index in [1.807, 2.05) is 18.7 Å². The molecule has 5 nitrogen and oxygen atoms in total. The van der Waals surface area contributed by atoms with E-state index in [2.05, 4.69) is 15.5 Å². The van der Waals surface area contributed by atoms with Gasteiger partial charge in [-0.3, -0.25) is 4.79 Å². The van der Waals surface area contributed by atoms with Crippen molar-refractivity contribution >= 4 is 29.0 Å². The van der Waals surface area contributed by atoms with Crippen LogP contribution in [-0.2, 0) is 6.18 Å². The molecule has 1 aromatic heterocycles. The van der Waals surface area contributed by atoms with Crippen LogP contribution in [0.5, 0.6) is 0 Å². The Bertz CT molecular complexity index is 746. The highest BCUT2D eigenvalue weighted by Gasteiger charge is 2.34. The highest BCUT2D eigenvalue weighted by Crippen LogP contribution is 2.36. The minimum atomic E-state index is -4.65. The molecular weight excluding hydrogens is 357 g/mol. The number of nitrogens with zero attached hydrogens (tertiary/aromatic N) is 3. The van der Waals surface area contributed by atoms with Crippen LogP contribution >= 0.6 is 11.6 Å². The molecule has 1 N–H and O–H groups in total. The molecule has 0 radical (unpaired) electrons. The maximum absolute atomic E-state index is 13.1. The number of carbonyl (C=O) groups excluding carboxylic acids is 1. The van der Waals surface area contributed by atoms with Crippen LogP contribution < -0.4 is 10.2 Å². The summed E-state index contributed by atoms with van der Waals surface area (Å²) in [4.78, 5) is 14.1. The molecule has 0 saturated heterocycles. The lowest BCUT2D eigenvalue weighted by atomic mass is 10.1. The van der Waals surface area contributed by atoms with E-state index in [1.165, 1.54) is 12.1 Å². The van der Waals surface area contributed by atoms with Crippen LogP contribution in [0.15, 0.2) is 30.3 Å². The van der Waals surface area contributed by atoms with Crippen LogP contribution in [-0.4, -0.2) is 29.2 Å². The minimum absolute atomic E-state index is 0.0753. The third kappa shape index (κ3) is 4.60. The zero-order valence-electron chi connectivity index (χ0n) is 13.6. The smallest absolute Gasteiger partial charge is 0.356 e. The number of amides is 1. The Hall–Kier alpha value is -2.35. The number of aromatic nitrogens is 2. The quantitative estimate of drug-likeness (QED) is 0.852. The molecule has 25 heavy (non-hydrogen) atoms. The van der Waals surface area contributed by atoms with Gasteiger partial charge in [-0.2, -0.15) is 13.2 Å². The molecule has 0 fully saturated rings. The Morgan fingerprint density at radius 2 is 1.84 bits per heavy atom. The Morgan fingerprint density at radius 1 is 1.16 bits per heavy atom. The van der Waals surface area contributed by atoms with Crippen molar-refractivity contribution in [3.63, 3.8) is 0 Å². The van der Waals surface area contributed by atoms with Crippen molar-refractivity contribution in [3.8, 4) is 0 Å². The van der Waals surface area contributed by atoms with Crippen molar-refractivity contribution in [2.24, 2.45) is 0 Å². The lowest BCUT2D eigenvalue weighted by Crippen LogP contribution is -2.24. The fraction of sp³-hybridized carbons (Fsp3) is 0.312. The number of rotatable bonds is 5. The number of benzene rings is 1. The number of nitrogens with one attached hydrogen (secondary N) is 1. The summed E-state index contributed by atoms with van der Waals surface area (Å²) < 4.78 is 39.2. The summed E-state index contributed by atoms with van der Waals surface area (Å²) in [6.45, 7) is 5.34. The van der Waals surface area contributed by atoms with E-state index >= 15 is 0 Å². The summed E-state index contributed by atoms with van der Waals surface area (Å²) in [5, 5.41) is 9.86. The number of anilines is 2. The van der Waals surface area contributed by atoms with Crippen molar-refractivity contribution < 1.29 is 18.0 Å². The van der Waals surface area contributed by atoms with Gasteiger partial charge in [-0.1, -0.05) is 11.6 Å². The van der Waals surface area contributed by atoms with Crippen molar-refractivity contribution in [2.45, 2.75) is 20.0 Å². The van der Waals surface area contributed by atoms with Gasteiger partial charge in [0.1, 0.15) is 0 Å². The molecule has 0 spiro atoms. The van der Waals surface area contributed by atoms with E-state index in [4.69, 9.17) is 11.6 Å². The van der Waals surface area contributed by atoms with Crippen molar-refractivity contribution in [1.29, 1.82) is 0 Å². The van der Waals surface area contributed by atoms with Crippen molar-refractivity contribution in [3.05, 3.63) is 46.6 Å². The summed E-state index contributed by atoms with van der Waals surface area (Å²) in [5.41, 5.74) is -1.50. The lowest BCUT2D eigenvalue weighted by molar-refractivity contribution is -0.136. The average Bonchev–Trinajstić information content (AvgIpc) is 2.57. The van der Waals surface area contributed by atoms with Gasteiger partial charge in [0.25, 0.3) is 5.91 Å². The first-order valence-corrected chi connectivity index (χ1v) is 7.90. The number of carbonyl (C=O) groups is 1. The van der Waals surface area contributed by atoms with Crippen LogP contribution in [0.2, 0.25) is 5.02 Å². The SMILES string of the molecule is CCN(CC)c1ccc(C(=O)Nc2ccc(Cl)cc2C(F)(F)F)nn1. The molecule has 0 aliphatic carbocycles. The molecule has 0 bridgehead atoms. The molecule has 0 atom stereocenters. The van der Waals surface area contributed by atoms with Crippen LogP contribution in [0.25, 0.3) is 0 Å². The Balaban J connectivity index is 2.23. The van der Waals surface area contributed by atoms with Crippen LogP contribution in [0, 0.1) is 0 Å². The molecule has 9 heteroatoms. The van der Waals surface area contributed by atoms with Gasteiger partial charge >= 0.3 is 6.18 Å². The summed E-state index contributed by atoms with van der Waals surface area (Å²) in [6, 6.07) is 6.13. The zero-order valence-corrected chi connectivity index (χ0v) is 14.3. The van der Waals surface area contributed by atoms with Gasteiger partial charge in [0.2, 0.25) is 0 Å². The molecule has 134 valence electrons. The van der Waals surface area contributed by atoms with E-state index in [9.17, 15) is 18.0 Å². The second kappa shape index (κ2) is 7.69. The number of alkyl halides is 3. The molecule has 1 heterocycles. The standard InChI is InChI=1S/C16H16ClF3N4O/c1-3-24(4-2)14-8-7-13(22-23-14)15(25)21-12-6-5-10(17)9-11(12)16(18,19)20/h5-9H,3-4H2,1-2H3,(H,21,25). The van der Waals surface area contributed by atoms with E-state index < -0.39 is 23.3 Å². The third-order valence-electron chi connectivity index (χ3n) is 3.51. The fourth-order valence-electron chi connectivity index (χ4n) is 2.21. The van der Waals surface area contributed by atoms with E-state index in [0.29, 0.717) is 5.82 Å². The van der Waals surface area contributed by atoms with Gasteiger partial charge < -0.3 is 10.2 Å². The highest BCUT2D eigenvalue weighted by atomic mass is 35.5. The predicted octanol–water partition coefficient (Wildman–Crippen LogP) is 4.25. The second-order valence-corrected chi connectivity index (χ2v) is 5.53. The van der Waals surface area contributed by atoms with Gasteiger partial charge in [-0.25, -0.2) is 0 Å². The van der Waals surface area contributed by atoms with Crippen LogP contribution in [0.1, 0.15) is 29.9 Å². The minimum Gasteiger partial charge on any atom is -0.356 e. The Morgan fingerprint density at radius 3 is 2.36 bits per heavy atom. The first-order chi connectivity index (χ1) is 11.8. The molecule has 0 saturated carbocycles. The number of hydrogen-bond donors (Lipinski definition) is 1. The summed E-state index contributed by atoms with van der Waals surface area (Å²) in [7, 11) is 0. The fourth-order valence-corrected chi connectivity index (χ4v) is 2.38. The third-order valence-corrected chi connectivity index (χ3v) is 3.74. The molecule has 1 aromatic carbocycles. The Labute approximate surface area is 147 Å². The molecule has 2 aromatic rings. The highest BCUT2D eigenvalue weighted by molar-refractivity contribution is 6.30. The first-order valence-electron chi connectivity index (χ1n) is 7.53. The summed E-state index contributed by atoms with van der Waals surface area (Å²) in [6.07, 6.45) is -4.65. The largest absolute Gasteiger partial charge is 0.418 e.